The Morgan fingerprint density at radius 1 is 1.41 bits per heavy atom. The van der Waals surface area contributed by atoms with Crippen LogP contribution in [0.25, 0.3) is 0 Å². The maximum absolute atomic E-state index is 11.1. The lowest BCUT2D eigenvalue weighted by Gasteiger charge is -2.08. The Balaban J connectivity index is 2.04. The molecular weight excluding hydrogens is 254 g/mol. The van der Waals surface area contributed by atoms with Crippen LogP contribution in [0.4, 0.5) is 0 Å². The molecule has 1 aromatic rings. The van der Waals surface area contributed by atoms with E-state index in [-0.39, 0.29) is 11.8 Å². The Morgan fingerprint density at radius 2 is 2.12 bits per heavy atom. The van der Waals surface area contributed by atoms with Crippen LogP contribution in [0.5, 0.6) is 0 Å². The van der Waals surface area contributed by atoms with Crippen molar-refractivity contribution >= 4 is 21.2 Å². The molecule has 2 N–H and O–H groups in total. The molecule has 5 heteroatoms. The van der Waals surface area contributed by atoms with Crippen molar-refractivity contribution in [2.45, 2.75) is 38.1 Å². The molecule has 0 aliphatic heterocycles. The number of hydrogen-bond acceptors (Lipinski definition) is 4. The van der Waals surface area contributed by atoms with E-state index in [9.17, 15) is 8.42 Å². The topological polar surface area (TPSA) is 60.2 Å². The second kappa shape index (κ2) is 5.08. The van der Waals surface area contributed by atoms with Crippen molar-refractivity contribution in [2.75, 3.05) is 12.0 Å². The van der Waals surface area contributed by atoms with Gasteiger partial charge in [0.15, 0.2) is 0 Å². The van der Waals surface area contributed by atoms with Crippen LogP contribution in [0.1, 0.15) is 40.6 Å². The quantitative estimate of drug-likeness (QED) is 0.913. The summed E-state index contributed by atoms with van der Waals surface area (Å²) in [5, 5.41) is 0. The molecule has 1 heterocycles. The van der Waals surface area contributed by atoms with E-state index in [0.29, 0.717) is 6.42 Å². The first-order valence-corrected chi connectivity index (χ1v) is 8.88. The van der Waals surface area contributed by atoms with Gasteiger partial charge in [0, 0.05) is 22.1 Å². The van der Waals surface area contributed by atoms with Crippen LogP contribution < -0.4 is 5.73 Å². The molecule has 1 aromatic heterocycles. The average molecular weight is 273 g/mol. The fourth-order valence-corrected chi connectivity index (χ4v) is 4.16. The van der Waals surface area contributed by atoms with Crippen LogP contribution in [0.2, 0.25) is 0 Å². The minimum Gasteiger partial charge on any atom is -0.323 e. The molecule has 3 nitrogen and oxygen atoms in total. The van der Waals surface area contributed by atoms with Gasteiger partial charge in [0.25, 0.3) is 0 Å². The molecular formula is C12H19NO2S2. The number of thiophene rings is 1. The molecule has 0 amide bonds. The van der Waals surface area contributed by atoms with E-state index >= 15 is 0 Å². The van der Waals surface area contributed by atoms with Gasteiger partial charge < -0.3 is 5.73 Å². The van der Waals surface area contributed by atoms with Crippen molar-refractivity contribution in [2.24, 2.45) is 5.73 Å². The molecule has 0 saturated carbocycles. The Kier molecular flexibility index (Phi) is 3.90. The standard InChI is InChI=1S/C12H19NO2S2/c1-17(14,15)7-6-10(13)12-8-9-4-2-3-5-11(9)16-12/h8,10H,2-7,13H2,1H3. The third-order valence-corrected chi connectivity index (χ3v) is 5.53. The van der Waals surface area contributed by atoms with Crippen molar-refractivity contribution in [3.05, 3.63) is 21.4 Å². The highest BCUT2D eigenvalue weighted by molar-refractivity contribution is 7.90. The predicted molar refractivity (Wildman–Crippen MR) is 72.2 cm³/mol. The first-order chi connectivity index (χ1) is 7.96. The van der Waals surface area contributed by atoms with Gasteiger partial charge in [0.1, 0.15) is 9.84 Å². The molecule has 0 saturated heterocycles. The largest absolute Gasteiger partial charge is 0.323 e. The van der Waals surface area contributed by atoms with Gasteiger partial charge in [-0.15, -0.1) is 11.3 Å². The lowest BCUT2D eigenvalue weighted by molar-refractivity contribution is 0.592. The van der Waals surface area contributed by atoms with Crippen molar-refractivity contribution in [3.8, 4) is 0 Å². The summed E-state index contributed by atoms with van der Waals surface area (Å²) in [6, 6.07) is 2.06. The van der Waals surface area contributed by atoms with Gasteiger partial charge in [-0.1, -0.05) is 0 Å². The number of hydrogen-bond donors (Lipinski definition) is 1. The van der Waals surface area contributed by atoms with Crippen LogP contribution in [0, 0.1) is 0 Å². The average Bonchev–Trinajstić information content (AvgIpc) is 2.68. The van der Waals surface area contributed by atoms with Crippen LogP contribution in [-0.4, -0.2) is 20.4 Å². The number of rotatable bonds is 4. The summed E-state index contributed by atoms with van der Waals surface area (Å²) in [4.78, 5) is 2.61. The maximum Gasteiger partial charge on any atom is 0.147 e. The van der Waals surface area contributed by atoms with Gasteiger partial charge in [-0.05, 0) is 43.7 Å². The minimum absolute atomic E-state index is 0.125. The molecule has 0 aromatic carbocycles. The summed E-state index contributed by atoms with van der Waals surface area (Å²) in [6.45, 7) is 0. The van der Waals surface area contributed by atoms with Crippen molar-refractivity contribution in [3.63, 3.8) is 0 Å². The number of sulfone groups is 1. The molecule has 1 aliphatic rings. The van der Waals surface area contributed by atoms with Gasteiger partial charge in [0.05, 0.1) is 5.75 Å². The zero-order valence-electron chi connectivity index (χ0n) is 10.1. The van der Waals surface area contributed by atoms with Gasteiger partial charge in [0.2, 0.25) is 0 Å². The fraction of sp³-hybridized carbons (Fsp3) is 0.667. The molecule has 0 fully saturated rings. The number of aryl methyl sites for hydroxylation is 2. The van der Waals surface area contributed by atoms with Crippen molar-refractivity contribution < 1.29 is 8.42 Å². The molecule has 0 radical (unpaired) electrons. The van der Waals surface area contributed by atoms with Gasteiger partial charge in [-0.3, -0.25) is 0 Å². The monoisotopic (exact) mass is 273 g/mol. The van der Waals surface area contributed by atoms with E-state index in [1.807, 2.05) is 0 Å². The SMILES string of the molecule is CS(=O)(=O)CCC(N)c1cc2c(s1)CCCC2. The smallest absolute Gasteiger partial charge is 0.147 e. The van der Waals surface area contributed by atoms with E-state index in [4.69, 9.17) is 5.73 Å². The molecule has 0 spiro atoms. The van der Waals surface area contributed by atoms with E-state index < -0.39 is 9.84 Å². The molecule has 2 rings (SSSR count). The summed E-state index contributed by atoms with van der Waals surface area (Å²) in [5.41, 5.74) is 7.50. The molecule has 1 aliphatic carbocycles. The van der Waals surface area contributed by atoms with Crippen LogP contribution in [0.3, 0.4) is 0 Å². The Morgan fingerprint density at radius 3 is 2.76 bits per heavy atom. The molecule has 1 atom stereocenters. The lowest BCUT2D eigenvalue weighted by Crippen LogP contribution is -2.14. The van der Waals surface area contributed by atoms with E-state index in [1.165, 1.54) is 36.0 Å². The zero-order chi connectivity index (χ0) is 12.5. The Hall–Kier alpha value is -0.390. The first-order valence-electron chi connectivity index (χ1n) is 6.00. The maximum atomic E-state index is 11.1. The third-order valence-electron chi connectivity index (χ3n) is 3.18. The van der Waals surface area contributed by atoms with Crippen LogP contribution in [0.15, 0.2) is 6.07 Å². The summed E-state index contributed by atoms with van der Waals surface area (Å²) in [7, 11) is -2.90. The molecule has 1 unspecified atom stereocenters. The summed E-state index contributed by atoms with van der Waals surface area (Å²) >= 11 is 1.77. The van der Waals surface area contributed by atoms with Crippen molar-refractivity contribution in [1.29, 1.82) is 0 Å². The van der Waals surface area contributed by atoms with Crippen LogP contribution in [-0.2, 0) is 22.7 Å². The Labute approximate surface area is 107 Å². The highest BCUT2D eigenvalue weighted by Crippen LogP contribution is 2.33. The van der Waals surface area contributed by atoms with Gasteiger partial charge >= 0.3 is 0 Å². The highest BCUT2D eigenvalue weighted by Gasteiger charge is 2.17. The second-order valence-corrected chi connectivity index (χ2v) is 8.26. The fourth-order valence-electron chi connectivity index (χ4n) is 2.18. The van der Waals surface area contributed by atoms with Crippen LogP contribution >= 0.6 is 11.3 Å². The van der Waals surface area contributed by atoms with Gasteiger partial charge in [-0.2, -0.15) is 0 Å². The summed E-state index contributed by atoms with van der Waals surface area (Å²) in [6.07, 6.45) is 6.65. The Bertz CT molecular complexity index is 467. The summed E-state index contributed by atoms with van der Waals surface area (Å²) in [5.74, 6) is 0.177. The number of nitrogens with two attached hydrogens (primary N) is 1. The third kappa shape index (κ3) is 3.53. The van der Waals surface area contributed by atoms with E-state index in [2.05, 4.69) is 6.07 Å². The van der Waals surface area contributed by atoms with E-state index in [1.54, 1.807) is 11.3 Å². The lowest BCUT2D eigenvalue weighted by atomic mass is 9.99. The second-order valence-electron chi connectivity index (χ2n) is 4.83. The molecule has 17 heavy (non-hydrogen) atoms. The summed E-state index contributed by atoms with van der Waals surface area (Å²) < 4.78 is 22.2. The first kappa shape index (κ1) is 13.1. The normalized spacial score (nSPS) is 17.8. The number of fused-ring (bicyclic) bond motifs is 1. The highest BCUT2D eigenvalue weighted by atomic mass is 32.2. The minimum atomic E-state index is -2.90. The molecule has 96 valence electrons. The molecule has 0 bridgehead atoms. The predicted octanol–water partition coefficient (Wildman–Crippen LogP) is 2.06. The van der Waals surface area contributed by atoms with E-state index in [0.717, 1.165) is 11.3 Å². The van der Waals surface area contributed by atoms with Gasteiger partial charge in [-0.25, -0.2) is 8.42 Å². The van der Waals surface area contributed by atoms with Crippen molar-refractivity contribution in [1.82, 2.24) is 0 Å². The zero-order valence-corrected chi connectivity index (χ0v) is 11.7.